The highest BCUT2D eigenvalue weighted by Crippen LogP contribution is 2.47. The molecule has 5 heteroatoms. The first-order valence-electron chi connectivity index (χ1n) is 24.1. The van der Waals surface area contributed by atoms with Crippen molar-refractivity contribution in [1.82, 2.24) is 0 Å². The fraction of sp³-hybridized carbons (Fsp3) is 0. The maximum atomic E-state index is 2.43. The van der Waals surface area contributed by atoms with E-state index in [2.05, 4.69) is 276 Å². The van der Waals surface area contributed by atoms with Crippen LogP contribution < -0.4 is 14.7 Å². The molecular formula is C66H43N3S2. The number of hydrogen-bond donors (Lipinski definition) is 0. The van der Waals surface area contributed by atoms with Crippen LogP contribution in [0.3, 0.4) is 0 Å². The Kier molecular flexibility index (Phi) is 9.90. The molecule has 3 nitrogen and oxygen atoms in total. The van der Waals surface area contributed by atoms with Crippen LogP contribution in [0.1, 0.15) is 0 Å². The van der Waals surface area contributed by atoms with E-state index in [1.165, 1.54) is 72.7 Å². The van der Waals surface area contributed by atoms with Crippen LogP contribution in [0.25, 0.3) is 72.7 Å². The number of thiophene rings is 2. The molecule has 2 heterocycles. The number of fused-ring (bicyclic) bond motifs is 12. The summed E-state index contributed by atoms with van der Waals surface area (Å²) in [5.41, 5.74) is 9.70. The van der Waals surface area contributed by atoms with Gasteiger partial charge in [0.2, 0.25) is 0 Å². The van der Waals surface area contributed by atoms with Gasteiger partial charge in [-0.05, 0) is 154 Å². The number of rotatable bonds is 9. The molecule has 14 rings (SSSR count). The fourth-order valence-corrected chi connectivity index (χ4v) is 13.0. The van der Waals surface area contributed by atoms with Crippen molar-refractivity contribution >= 4 is 147 Å². The van der Waals surface area contributed by atoms with Crippen LogP contribution in [0, 0.1) is 0 Å². The lowest BCUT2D eigenvalue weighted by molar-refractivity contribution is 1.24. The van der Waals surface area contributed by atoms with Crippen LogP contribution in [0.4, 0.5) is 51.2 Å². The summed E-state index contributed by atoms with van der Waals surface area (Å²) >= 11 is 3.70. The maximum Gasteiger partial charge on any atom is 0.0482 e. The second-order valence-electron chi connectivity index (χ2n) is 18.1. The van der Waals surface area contributed by atoms with Crippen molar-refractivity contribution in [2.75, 3.05) is 14.7 Å². The lowest BCUT2D eigenvalue weighted by atomic mass is 9.94. The molecule has 0 saturated carbocycles. The van der Waals surface area contributed by atoms with Crippen molar-refractivity contribution < 1.29 is 0 Å². The van der Waals surface area contributed by atoms with E-state index < -0.39 is 0 Å². The highest BCUT2D eigenvalue weighted by atomic mass is 32.1. The van der Waals surface area contributed by atoms with Gasteiger partial charge < -0.3 is 14.7 Å². The van der Waals surface area contributed by atoms with E-state index >= 15 is 0 Å². The number of hydrogen-bond acceptors (Lipinski definition) is 5. The molecule has 0 bridgehead atoms. The summed E-state index contributed by atoms with van der Waals surface area (Å²) in [6, 6.07) is 95.6. The van der Waals surface area contributed by atoms with Crippen molar-refractivity contribution in [3.05, 3.63) is 261 Å². The van der Waals surface area contributed by atoms with Crippen LogP contribution in [-0.4, -0.2) is 0 Å². The van der Waals surface area contributed by atoms with Crippen LogP contribution in [0.5, 0.6) is 0 Å². The Morgan fingerprint density at radius 2 is 0.451 bits per heavy atom. The second kappa shape index (κ2) is 17.0. The van der Waals surface area contributed by atoms with Crippen LogP contribution >= 0.6 is 22.7 Å². The van der Waals surface area contributed by atoms with Crippen LogP contribution in [0.15, 0.2) is 261 Å². The summed E-state index contributed by atoms with van der Waals surface area (Å²) < 4.78 is 5.15. The topological polar surface area (TPSA) is 9.72 Å². The van der Waals surface area contributed by atoms with Gasteiger partial charge in [0, 0.05) is 91.5 Å². The van der Waals surface area contributed by atoms with E-state index in [4.69, 9.17) is 0 Å². The van der Waals surface area contributed by atoms with Gasteiger partial charge in [0.1, 0.15) is 0 Å². The van der Waals surface area contributed by atoms with Crippen molar-refractivity contribution in [2.45, 2.75) is 0 Å². The predicted octanol–water partition coefficient (Wildman–Crippen LogP) is 20.3. The highest BCUT2D eigenvalue weighted by molar-refractivity contribution is 7.26. The van der Waals surface area contributed by atoms with E-state index in [-0.39, 0.29) is 0 Å². The Labute approximate surface area is 419 Å². The van der Waals surface area contributed by atoms with Crippen LogP contribution in [-0.2, 0) is 0 Å². The van der Waals surface area contributed by atoms with Crippen molar-refractivity contribution in [3.63, 3.8) is 0 Å². The molecular weight excluding hydrogens is 899 g/mol. The fourth-order valence-electron chi connectivity index (χ4n) is 10.8. The molecule has 2 aromatic heterocycles. The minimum absolute atomic E-state index is 1.05. The molecule has 14 aromatic rings. The summed E-state index contributed by atoms with van der Waals surface area (Å²) in [4.78, 5) is 7.22. The summed E-state index contributed by atoms with van der Waals surface area (Å²) in [5, 5.41) is 12.6. The molecule has 12 aromatic carbocycles. The van der Waals surface area contributed by atoms with Gasteiger partial charge in [-0.1, -0.05) is 140 Å². The van der Waals surface area contributed by atoms with E-state index in [0.717, 1.165) is 51.2 Å². The van der Waals surface area contributed by atoms with E-state index in [0.29, 0.717) is 0 Å². The smallest absolute Gasteiger partial charge is 0.0482 e. The largest absolute Gasteiger partial charge is 0.310 e. The minimum atomic E-state index is 1.05. The lowest BCUT2D eigenvalue weighted by Crippen LogP contribution is -2.14. The third-order valence-corrected chi connectivity index (χ3v) is 16.2. The quantitative estimate of drug-likeness (QED) is 0.134. The average molecular weight is 942 g/mol. The van der Waals surface area contributed by atoms with Gasteiger partial charge in [-0.2, -0.15) is 0 Å². The third-order valence-electron chi connectivity index (χ3n) is 13.9. The molecule has 334 valence electrons. The van der Waals surface area contributed by atoms with E-state index in [9.17, 15) is 0 Å². The first kappa shape index (κ1) is 41.3. The maximum absolute atomic E-state index is 2.43. The second-order valence-corrected chi connectivity index (χ2v) is 20.3. The zero-order chi connectivity index (χ0) is 46.8. The SMILES string of the molecule is c1ccc(N(c2cccc(N(c3cccc(N(c4ccccc4)c4ccc5c6ccccc6c6ccccc6c5c4)c3)c3ccc4sc5ccccc5c4c3)c2)c2ccc3sc4ccccc4c3c2)cc1. The van der Waals surface area contributed by atoms with Gasteiger partial charge in [-0.15, -0.1) is 22.7 Å². The molecule has 0 amide bonds. The predicted molar refractivity (Wildman–Crippen MR) is 309 cm³/mol. The number of nitrogens with zero attached hydrogens (tertiary/aromatic N) is 3. The van der Waals surface area contributed by atoms with E-state index in [1.807, 2.05) is 22.7 Å². The number of anilines is 9. The minimum Gasteiger partial charge on any atom is -0.310 e. The van der Waals surface area contributed by atoms with E-state index in [1.54, 1.807) is 0 Å². The molecule has 0 aliphatic carbocycles. The zero-order valence-corrected chi connectivity index (χ0v) is 40.1. The zero-order valence-electron chi connectivity index (χ0n) is 38.5. The Morgan fingerprint density at radius 1 is 0.169 bits per heavy atom. The summed E-state index contributed by atoms with van der Waals surface area (Å²) in [7, 11) is 0. The van der Waals surface area contributed by atoms with Gasteiger partial charge in [0.05, 0.1) is 0 Å². The molecule has 0 radical (unpaired) electrons. The number of para-hydroxylation sites is 2. The molecule has 0 saturated heterocycles. The van der Waals surface area contributed by atoms with Crippen molar-refractivity contribution in [1.29, 1.82) is 0 Å². The lowest BCUT2D eigenvalue weighted by Gasteiger charge is -2.31. The van der Waals surface area contributed by atoms with Gasteiger partial charge in [0.25, 0.3) is 0 Å². The highest BCUT2D eigenvalue weighted by Gasteiger charge is 2.22. The third kappa shape index (κ3) is 7.08. The Balaban J connectivity index is 0.961. The Morgan fingerprint density at radius 3 is 0.887 bits per heavy atom. The molecule has 0 spiro atoms. The molecule has 0 unspecified atom stereocenters. The van der Waals surface area contributed by atoms with Crippen LogP contribution in [0.2, 0.25) is 0 Å². The van der Waals surface area contributed by atoms with Gasteiger partial charge in [-0.25, -0.2) is 0 Å². The Bertz CT molecular complexity index is 4290. The van der Waals surface area contributed by atoms with Crippen molar-refractivity contribution in [3.8, 4) is 0 Å². The molecule has 0 fully saturated rings. The first-order chi connectivity index (χ1) is 35.2. The van der Waals surface area contributed by atoms with Crippen molar-refractivity contribution in [2.24, 2.45) is 0 Å². The van der Waals surface area contributed by atoms with Gasteiger partial charge in [-0.3, -0.25) is 0 Å². The molecule has 0 aliphatic rings. The average Bonchev–Trinajstić information content (AvgIpc) is 4.00. The standard InChI is InChI=1S/C66H43N3S2/c1-3-17-44(18-4-1)67(50-33-36-57-55-27-8-7-25-53(55)54-26-9-10-28-56(54)60(57)41-50)46-21-15-23-48(39-46)69(52-35-38-66-62(43-52)59-30-12-14-32-64(59)71-66)49-24-16-22-47(40-49)68(45-19-5-2-6-20-45)51-34-37-65-61(42-51)58-29-11-13-31-63(58)70-65/h1-43H. The molecule has 0 aliphatic heterocycles. The van der Waals surface area contributed by atoms with Gasteiger partial charge in [0.15, 0.2) is 0 Å². The Hall–Kier alpha value is -8.74. The monoisotopic (exact) mass is 941 g/mol. The summed E-state index contributed by atoms with van der Waals surface area (Å²) in [6.07, 6.45) is 0. The summed E-state index contributed by atoms with van der Waals surface area (Å²) in [6.45, 7) is 0. The molecule has 0 N–H and O–H groups in total. The first-order valence-corrected chi connectivity index (χ1v) is 25.7. The molecule has 0 atom stereocenters. The normalized spacial score (nSPS) is 11.7. The number of benzene rings is 12. The summed E-state index contributed by atoms with van der Waals surface area (Å²) in [5.74, 6) is 0. The molecule has 71 heavy (non-hydrogen) atoms. The van der Waals surface area contributed by atoms with Gasteiger partial charge >= 0.3 is 0 Å².